The van der Waals surface area contributed by atoms with Gasteiger partial charge in [0.1, 0.15) is 12.4 Å². The Balaban J connectivity index is 1.47. The van der Waals surface area contributed by atoms with Gasteiger partial charge in [-0.1, -0.05) is 13.0 Å². The second kappa shape index (κ2) is 8.49. The quantitative estimate of drug-likeness (QED) is 0.769. The standard InChI is InChI=1S/C19H27NO4/c1-2-8-24-18-4-3-17-11-20(7-5-16(17)10-18)19(21)14-23-13-15-6-9-22-12-15/h3-4,10,15H,2,5-9,11-14H2,1H3. The summed E-state index contributed by atoms with van der Waals surface area (Å²) in [4.78, 5) is 14.2. The third-order valence-corrected chi connectivity index (χ3v) is 4.62. The van der Waals surface area contributed by atoms with Gasteiger partial charge in [0.25, 0.3) is 0 Å². The number of carbonyl (C=O) groups is 1. The average Bonchev–Trinajstić information content (AvgIpc) is 3.12. The molecule has 1 fully saturated rings. The van der Waals surface area contributed by atoms with Crippen molar-refractivity contribution in [2.75, 3.05) is 39.6 Å². The summed E-state index contributed by atoms with van der Waals surface area (Å²) >= 11 is 0. The van der Waals surface area contributed by atoms with E-state index in [-0.39, 0.29) is 12.5 Å². The van der Waals surface area contributed by atoms with Crippen LogP contribution in [0.2, 0.25) is 0 Å². The highest BCUT2D eigenvalue weighted by Crippen LogP contribution is 2.24. The minimum Gasteiger partial charge on any atom is -0.494 e. The van der Waals surface area contributed by atoms with Crippen LogP contribution in [0.25, 0.3) is 0 Å². The van der Waals surface area contributed by atoms with E-state index in [1.54, 1.807) is 0 Å². The highest BCUT2D eigenvalue weighted by Gasteiger charge is 2.22. The Morgan fingerprint density at radius 1 is 1.38 bits per heavy atom. The molecule has 0 radical (unpaired) electrons. The van der Waals surface area contributed by atoms with E-state index < -0.39 is 0 Å². The Kier molecular flexibility index (Phi) is 6.10. The highest BCUT2D eigenvalue weighted by atomic mass is 16.5. The van der Waals surface area contributed by atoms with Gasteiger partial charge in [-0.05, 0) is 42.5 Å². The Labute approximate surface area is 143 Å². The fraction of sp³-hybridized carbons (Fsp3) is 0.632. The van der Waals surface area contributed by atoms with Gasteiger partial charge >= 0.3 is 0 Å². The molecule has 1 aromatic carbocycles. The molecule has 132 valence electrons. The lowest BCUT2D eigenvalue weighted by Crippen LogP contribution is -2.38. The number of hydrogen-bond donors (Lipinski definition) is 0. The molecule has 0 saturated carbocycles. The van der Waals surface area contributed by atoms with Crippen molar-refractivity contribution in [3.63, 3.8) is 0 Å². The van der Waals surface area contributed by atoms with Crippen molar-refractivity contribution in [1.29, 1.82) is 0 Å². The lowest BCUT2D eigenvalue weighted by Gasteiger charge is -2.29. The summed E-state index contributed by atoms with van der Waals surface area (Å²) in [6, 6.07) is 6.19. The summed E-state index contributed by atoms with van der Waals surface area (Å²) in [5, 5.41) is 0. The van der Waals surface area contributed by atoms with Gasteiger partial charge in [-0.2, -0.15) is 0 Å². The van der Waals surface area contributed by atoms with Crippen LogP contribution in [0.4, 0.5) is 0 Å². The Morgan fingerprint density at radius 3 is 3.08 bits per heavy atom. The van der Waals surface area contributed by atoms with Crippen molar-refractivity contribution in [3.8, 4) is 5.75 Å². The summed E-state index contributed by atoms with van der Waals surface area (Å²) in [5.41, 5.74) is 2.50. The Bertz CT molecular complexity index is 554. The van der Waals surface area contributed by atoms with Gasteiger partial charge in [-0.15, -0.1) is 0 Å². The fourth-order valence-electron chi connectivity index (χ4n) is 3.17. The lowest BCUT2D eigenvalue weighted by atomic mass is 9.99. The number of hydrogen-bond acceptors (Lipinski definition) is 4. The van der Waals surface area contributed by atoms with Crippen LogP contribution in [0.5, 0.6) is 5.75 Å². The van der Waals surface area contributed by atoms with Crippen LogP contribution >= 0.6 is 0 Å². The molecule has 1 aromatic rings. The molecule has 2 aliphatic heterocycles. The van der Waals surface area contributed by atoms with E-state index in [2.05, 4.69) is 19.1 Å². The SMILES string of the molecule is CCCOc1ccc2c(c1)CCN(C(=O)COCC1CCOC1)C2. The van der Waals surface area contributed by atoms with Crippen molar-refractivity contribution in [3.05, 3.63) is 29.3 Å². The minimum absolute atomic E-state index is 0.0749. The van der Waals surface area contributed by atoms with E-state index in [4.69, 9.17) is 14.2 Å². The molecular formula is C19H27NO4. The third kappa shape index (κ3) is 4.48. The molecule has 0 bridgehead atoms. The second-order valence-electron chi connectivity index (χ2n) is 6.59. The zero-order valence-electron chi connectivity index (χ0n) is 14.5. The van der Waals surface area contributed by atoms with Gasteiger partial charge in [-0.25, -0.2) is 0 Å². The molecule has 5 heteroatoms. The smallest absolute Gasteiger partial charge is 0.248 e. The zero-order chi connectivity index (χ0) is 16.8. The molecule has 24 heavy (non-hydrogen) atoms. The number of benzene rings is 1. The van der Waals surface area contributed by atoms with Gasteiger partial charge in [0.15, 0.2) is 0 Å². The van der Waals surface area contributed by atoms with E-state index in [1.807, 2.05) is 11.0 Å². The first kappa shape index (κ1) is 17.2. The van der Waals surface area contributed by atoms with Crippen LogP contribution in [0.3, 0.4) is 0 Å². The van der Waals surface area contributed by atoms with Crippen LogP contribution in [0.15, 0.2) is 18.2 Å². The predicted octanol–water partition coefficient (Wildman–Crippen LogP) is 2.41. The first-order valence-electron chi connectivity index (χ1n) is 8.94. The number of carbonyl (C=O) groups excluding carboxylic acids is 1. The van der Waals surface area contributed by atoms with Gasteiger partial charge in [0.05, 0.1) is 19.8 Å². The molecule has 2 heterocycles. The summed E-state index contributed by atoms with van der Waals surface area (Å²) in [6.07, 6.45) is 2.92. The number of fused-ring (bicyclic) bond motifs is 1. The van der Waals surface area contributed by atoms with Gasteiger partial charge < -0.3 is 19.1 Å². The summed E-state index contributed by atoms with van der Waals surface area (Å²) in [6.45, 7) is 6.62. The maximum Gasteiger partial charge on any atom is 0.248 e. The Hall–Kier alpha value is -1.59. The molecule has 1 amide bonds. The first-order valence-corrected chi connectivity index (χ1v) is 8.94. The number of nitrogens with zero attached hydrogens (tertiary/aromatic N) is 1. The van der Waals surface area contributed by atoms with Crippen LogP contribution < -0.4 is 4.74 Å². The van der Waals surface area contributed by atoms with Gasteiger partial charge in [-0.3, -0.25) is 4.79 Å². The van der Waals surface area contributed by atoms with Gasteiger partial charge in [0, 0.05) is 25.6 Å². The predicted molar refractivity (Wildman–Crippen MR) is 91.1 cm³/mol. The van der Waals surface area contributed by atoms with Crippen molar-refractivity contribution < 1.29 is 19.0 Å². The average molecular weight is 333 g/mol. The summed E-state index contributed by atoms with van der Waals surface area (Å²) in [7, 11) is 0. The minimum atomic E-state index is 0.0749. The number of amides is 1. The van der Waals surface area contributed by atoms with E-state index in [0.717, 1.165) is 51.4 Å². The number of rotatable bonds is 7. The molecule has 0 aliphatic carbocycles. The van der Waals surface area contributed by atoms with E-state index >= 15 is 0 Å². The van der Waals surface area contributed by atoms with Gasteiger partial charge in [0.2, 0.25) is 5.91 Å². The topological polar surface area (TPSA) is 48.0 Å². The molecule has 0 N–H and O–H groups in total. The highest BCUT2D eigenvalue weighted by molar-refractivity contribution is 5.77. The molecule has 0 spiro atoms. The van der Waals surface area contributed by atoms with Crippen LogP contribution in [-0.2, 0) is 27.2 Å². The Morgan fingerprint density at radius 2 is 2.29 bits per heavy atom. The van der Waals surface area contributed by atoms with E-state index in [9.17, 15) is 4.79 Å². The lowest BCUT2D eigenvalue weighted by molar-refractivity contribution is -0.137. The van der Waals surface area contributed by atoms with Crippen LogP contribution in [-0.4, -0.2) is 50.4 Å². The van der Waals surface area contributed by atoms with Crippen LogP contribution in [0.1, 0.15) is 30.9 Å². The fourth-order valence-corrected chi connectivity index (χ4v) is 3.17. The molecule has 5 nitrogen and oxygen atoms in total. The summed E-state index contributed by atoms with van der Waals surface area (Å²) in [5.74, 6) is 1.45. The zero-order valence-corrected chi connectivity index (χ0v) is 14.5. The van der Waals surface area contributed by atoms with Crippen molar-refractivity contribution in [2.24, 2.45) is 5.92 Å². The molecule has 2 aliphatic rings. The largest absolute Gasteiger partial charge is 0.494 e. The first-order chi connectivity index (χ1) is 11.8. The van der Waals surface area contributed by atoms with Crippen molar-refractivity contribution in [1.82, 2.24) is 4.90 Å². The molecule has 1 unspecified atom stereocenters. The monoisotopic (exact) mass is 333 g/mol. The second-order valence-corrected chi connectivity index (χ2v) is 6.59. The molecule has 1 saturated heterocycles. The van der Waals surface area contributed by atoms with Crippen molar-refractivity contribution >= 4 is 5.91 Å². The van der Waals surface area contributed by atoms with Crippen molar-refractivity contribution in [2.45, 2.75) is 32.7 Å². The molecule has 3 rings (SSSR count). The summed E-state index contributed by atoms with van der Waals surface area (Å²) < 4.78 is 16.6. The van der Waals surface area contributed by atoms with Crippen LogP contribution in [0, 0.1) is 5.92 Å². The number of ether oxygens (including phenoxy) is 3. The molecule has 1 atom stereocenters. The third-order valence-electron chi connectivity index (χ3n) is 4.62. The van der Waals surface area contributed by atoms with E-state index in [0.29, 0.717) is 19.1 Å². The molecule has 0 aromatic heterocycles. The van der Waals surface area contributed by atoms with E-state index in [1.165, 1.54) is 11.1 Å². The normalized spacial score (nSPS) is 20.0. The maximum absolute atomic E-state index is 12.3. The molecular weight excluding hydrogens is 306 g/mol. The maximum atomic E-state index is 12.3.